The summed E-state index contributed by atoms with van der Waals surface area (Å²) in [7, 11) is 2.02. The van der Waals surface area contributed by atoms with Gasteiger partial charge in [-0.15, -0.1) is 12.6 Å². The van der Waals surface area contributed by atoms with Crippen LogP contribution in [0.2, 0.25) is 0 Å². The number of rotatable bonds is 1. The highest BCUT2D eigenvalue weighted by atomic mass is 32.1. The van der Waals surface area contributed by atoms with E-state index >= 15 is 0 Å². The number of hydrogen-bond acceptors (Lipinski definition) is 2. The molecule has 0 aromatic rings. The van der Waals surface area contributed by atoms with Gasteiger partial charge in [0.15, 0.2) is 5.12 Å². The largest absolute Gasteiger partial charge is 0.306 e. The average molecular weight is 145 g/mol. The third-order valence-corrected chi connectivity index (χ3v) is 2.11. The summed E-state index contributed by atoms with van der Waals surface area (Å²) in [6.45, 7) is 1.93. The van der Waals surface area contributed by atoms with Crippen LogP contribution in [-0.4, -0.2) is 30.2 Å². The van der Waals surface area contributed by atoms with Gasteiger partial charge in [0.05, 0.1) is 0 Å². The third kappa shape index (κ3) is 1.69. The molecule has 0 unspecified atom stereocenters. The fourth-order valence-corrected chi connectivity index (χ4v) is 1.35. The fraction of sp³-hybridized carbons (Fsp3) is 0.833. The minimum absolute atomic E-state index is 0.0411. The Bertz CT molecular complexity index is 126. The zero-order valence-electron chi connectivity index (χ0n) is 5.50. The predicted molar refractivity (Wildman–Crippen MR) is 39.6 cm³/mol. The second kappa shape index (κ2) is 2.71. The number of carbonyl (C=O) groups is 1. The molecule has 0 N–H and O–H groups in total. The molecule has 0 bridgehead atoms. The van der Waals surface area contributed by atoms with Crippen LogP contribution in [0.5, 0.6) is 0 Å². The second-order valence-corrected chi connectivity index (χ2v) is 3.03. The second-order valence-electron chi connectivity index (χ2n) is 2.59. The van der Waals surface area contributed by atoms with Gasteiger partial charge in [-0.05, 0) is 20.0 Å². The summed E-state index contributed by atoms with van der Waals surface area (Å²) in [6, 6.07) is 0. The maximum atomic E-state index is 10.6. The van der Waals surface area contributed by atoms with Crippen molar-refractivity contribution in [2.45, 2.75) is 6.42 Å². The van der Waals surface area contributed by atoms with Gasteiger partial charge in [-0.3, -0.25) is 4.79 Å². The molecule has 1 aliphatic heterocycles. The van der Waals surface area contributed by atoms with Gasteiger partial charge in [-0.25, -0.2) is 0 Å². The highest BCUT2D eigenvalue weighted by Gasteiger charge is 2.23. The fourth-order valence-electron chi connectivity index (χ4n) is 1.14. The van der Waals surface area contributed by atoms with E-state index in [0.717, 1.165) is 19.5 Å². The summed E-state index contributed by atoms with van der Waals surface area (Å²) >= 11 is 3.77. The topological polar surface area (TPSA) is 20.3 Å². The molecule has 52 valence electrons. The highest BCUT2D eigenvalue weighted by molar-refractivity contribution is 7.96. The lowest BCUT2D eigenvalue weighted by atomic mass is 10.1. The van der Waals surface area contributed by atoms with E-state index < -0.39 is 0 Å². The molecule has 1 fully saturated rings. The molecule has 1 aliphatic rings. The van der Waals surface area contributed by atoms with Gasteiger partial charge in [0.2, 0.25) is 0 Å². The summed E-state index contributed by atoms with van der Waals surface area (Å²) in [5.41, 5.74) is 0. The van der Waals surface area contributed by atoms with Gasteiger partial charge < -0.3 is 4.90 Å². The monoisotopic (exact) mass is 145 g/mol. The van der Waals surface area contributed by atoms with Crippen molar-refractivity contribution in [3.63, 3.8) is 0 Å². The van der Waals surface area contributed by atoms with Crippen molar-refractivity contribution in [1.29, 1.82) is 0 Å². The molecule has 1 atom stereocenters. The molecular formula is C6H11NOS. The summed E-state index contributed by atoms with van der Waals surface area (Å²) in [4.78, 5) is 12.8. The molecule has 0 saturated carbocycles. The molecule has 3 heteroatoms. The molecule has 0 aromatic carbocycles. The van der Waals surface area contributed by atoms with Gasteiger partial charge in [0.1, 0.15) is 0 Å². The maximum absolute atomic E-state index is 10.6. The average Bonchev–Trinajstić information content (AvgIpc) is 2.14. The van der Waals surface area contributed by atoms with Crippen LogP contribution >= 0.6 is 12.6 Å². The molecular weight excluding hydrogens is 134 g/mol. The van der Waals surface area contributed by atoms with Crippen LogP contribution in [0.1, 0.15) is 6.42 Å². The smallest absolute Gasteiger partial charge is 0.190 e. The zero-order valence-corrected chi connectivity index (χ0v) is 6.40. The first-order valence-electron chi connectivity index (χ1n) is 3.11. The van der Waals surface area contributed by atoms with E-state index in [-0.39, 0.29) is 11.0 Å². The third-order valence-electron chi connectivity index (χ3n) is 1.74. The quantitative estimate of drug-likeness (QED) is 0.539. The van der Waals surface area contributed by atoms with Gasteiger partial charge in [0.25, 0.3) is 0 Å². The number of likely N-dealkylation sites (tertiary alicyclic amines) is 1. The van der Waals surface area contributed by atoms with Crippen molar-refractivity contribution in [2.75, 3.05) is 20.1 Å². The Morgan fingerprint density at radius 2 is 2.44 bits per heavy atom. The van der Waals surface area contributed by atoms with Gasteiger partial charge in [-0.1, -0.05) is 0 Å². The Kier molecular flexibility index (Phi) is 2.13. The molecule has 0 radical (unpaired) electrons. The summed E-state index contributed by atoms with van der Waals surface area (Å²) in [5.74, 6) is 0.193. The van der Waals surface area contributed by atoms with Crippen LogP contribution in [0, 0.1) is 5.92 Å². The van der Waals surface area contributed by atoms with Crippen molar-refractivity contribution in [3.8, 4) is 0 Å². The molecule has 1 heterocycles. The lowest BCUT2D eigenvalue weighted by Crippen LogP contribution is -2.16. The van der Waals surface area contributed by atoms with Crippen molar-refractivity contribution in [2.24, 2.45) is 5.92 Å². The van der Waals surface area contributed by atoms with Crippen LogP contribution in [0.4, 0.5) is 0 Å². The van der Waals surface area contributed by atoms with E-state index in [0.29, 0.717) is 0 Å². The summed E-state index contributed by atoms with van der Waals surface area (Å²) < 4.78 is 0. The molecule has 0 aromatic heterocycles. The SMILES string of the molecule is CN1CC[C@H](C(=O)S)C1. The van der Waals surface area contributed by atoms with Crippen molar-refractivity contribution >= 4 is 17.7 Å². The van der Waals surface area contributed by atoms with Gasteiger partial charge in [-0.2, -0.15) is 0 Å². The van der Waals surface area contributed by atoms with Crippen molar-refractivity contribution < 1.29 is 4.79 Å². The molecule has 1 saturated heterocycles. The van der Waals surface area contributed by atoms with E-state index in [2.05, 4.69) is 17.5 Å². The predicted octanol–water partition coefficient (Wildman–Crippen LogP) is 0.395. The number of nitrogens with zero attached hydrogens (tertiary/aromatic N) is 1. The highest BCUT2D eigenvalue weighted by Crippen LogP contribution is 2.15. The number of thiol groups is 1. The standard InChI is InChI=1S/C6H11NOS/c1-7-3-2-5(4-7)6(8)9/h5H,2-4H2,1H3,(H,8,9)/t5-/m0/s1. The van der Waals surface area contributed by atoms with E-state index in [4.69, 9.17) is 0 Å². The van der Waals surface area contributed by atoms with Crippen LogP contribution in [-0.2, 0) is 4.79 Å². The summed E-state index contributed by atoms with van der Waals surface area (Å²) in [6.07, 6.45) is 0.985. The number of hydrogen-bond donors (Lipinski definition) is 1. The molecule has 0 aliphatic carbocycles. The first-order valence-corrected chi connectivity index (χ1v) is 3.56. The van der Waals surface area contributed by atoms with Crippen LogP contribution in [0.15, 0.2) is 0 Å². The van der Waals surface area contributed by atoms with Crippen LogP contribution < -0.4 is 0 Å². The lowest BCUT2D eigenvalue weighted by Gasteiger charge is -2.04. The molecule has 2 nitrogen and oxygen atoms in total. The Balaban J connectivity index is 2.39. The first-order chi connectivity index (χ1) is 4.20. The Hall–Kier alpha value is -0.0200. The molecule has 9 heavy (non-hydrogen) atoms. The summed E-state index contributed by atoms with van der Waals surface area (Å²) in [5, 5.41) is 0.0411. The Labute approximate surface area is 60.6 Å². The van der Waals surface area contributed by atoms with Crippen molar-refractivity contribution in [1.82, 2.24) is 4.90 Å². The van der Waals surface area contributed by atoms with Crippen LogP contribution in [0.3, 0.4) is 0 Å². The minimum Gasteiger partial charge on any atom is -0.306 e. The van der Waals surface area contributed by atoms with E-state index in [1.807, 2.05) is 7.05 Å². The van der Waals surface area contributed by atoms with Gasteiger partial charge in [0, 0.05) is 12.5 Å². The zero-order chi connectivity index (χ0) is 6.85. The maximum Gasteiger partial charge on any atom is 0.190 e. The van der Waals surface area contributed by atoms with E-state index in [1.54, 1.807) is 0 Å². The normalized spacial score (nSPS) is 28.9. The lowest BCUT2D eigenvalue weighted by molar-refractivity contribution is -0.113. The van der Waals surface area contributed by atoms with E-state index in [9.17, 15) is 4.79 Å². The number of carbonyl (C=O) groups excluding carboxylic acids is 1. The van der Waals surface area contributed by atoms with E-state index in [1.165, 1.54) is 0 Å². The van der Waals surface area contributed by atoms with Gasteiger partial charge >= 0.3 is 0 Å². The first kappa shape index (κ1) is 7.09. The Morgan fingerprint density at radius 1 is 1.78 bits per heavy atom. The molecule has 0 amide bonds. The molecule has 1 rings (SSSR count). The minimum atomic E-state index is 0.0411. The Morgan fingerprint density at radius 3 is 2.67 bits per heavy atom. The molecule has 0 spiro atoms. The van der Waals surface area contributed by atoms with Crippen molar-refractivity contribution in [3.05, 3.63) is 0 Å². The van der Waals surface area contributed by atoms with Crippen LogP contribution in [0.25, 0.3) is 0 Å².